The summed E-state index contributed by atoms with van der Waals surface area (Å²) in [5.74, 6) is 0.911. The summed E-state index contributed by atoms with van der Waals surface area (Å²) in [5.41, 5.74) is 1.01. The highest BCUT2D eigenvalue weighted by Gasteiger charge is 2.37. The molecule has 0 unspecified atom stereocenters. The summed E-state index contributed by atoms with van der Waals surface area (Å²) in [4.78, 5) is 34.2. The molecule has 0 aromatic carbocycles. The molecule has 1 aliphatic carbocycles. The number of pyridine rings is 1. The molecule has 1 aromatic rings. The lowest BCUT2D eigenvalue weighted by atomic mass is 9.93. The zero-order valence-electron chi connectivity index (χ0n) is 15.5. The molecule has 2 amide bonds. The van der Waals surface area contributed by atoms with Crippen LogP contribution in [0.1, 0.15) is 63.1 Å². The van der Waals surface area contributed by atoms with Gasteiger partial charge in [-0.15, -0.1) is 0 Å². The van der Waals surface area contributed by atoms with Crippen LogP contribution in [0.4, 0.5) is 0 Å². The number of rotatable bonds is 3. The van der Waals surface area contributed by atoms with E-state index in [1.165, 1.54) is 12.8 Å². The summed E-state index contributed by atoms with van der Waals surface area (Å²) in [6.45, 7) is 2.32. The van der Waals surface area contributed by atoms with Crippen LogP contribution in [0, 0.1) is 11.8 Å². The van der Waals surface area contributed by atoms with E-state index in [0.717, 1.165) is 63.9 Å². The Morgan fingerprint density at radius 2 is 1.58 bits per heavy atom. The Labute approximate surface area is 155 Å². The summed E-state index contributed by atoms with van der Waals surface area (Å²) in [7, 11) is 0. The molecule has 3 heterocycles. The number of hydrogen-bond acceptors (Lipinski definition) is 3. The first-order valence-electron chi connectivity index (χ1n) is 10.2. The third-order valence-electron chi connectivity index (χ3n) is 6.43. The van der Waals surface area contributed by atoms with Gasteiger partial charge >= 0.3 is 0 Å². The molecule has 2 aliphatic heterocycles. The maximum Gasteiger partial charge on any atom is 0.226 e. The van der Waals surface area contributed by atoms with Gasteiger partial charge in [0.25, 0.3) is 0 Å². The summed E-state index contributed by atoms with van der Waals surface area (Å²) in [6, 6.07) is 6.07. The van der Waals surface area contributed by atoms with Gasteiger partial charge in [0.05, 0.1) is 11.7 Å². The zero-order chi connectivity index (χ0) is 17.9. The molecule has 4 rings (SSSR count). The van der Waals surface area contributed by atoms with Gasteiger partial charge in [-0.3, -0.25) is 14.6 Å². The lowest BCUT2D eigenvalue weighted by molar-refractivity contribution is -0.143. The van der Waals surface area contributed by atoms with Crippen LogP contribution in [0.5, 0.6) is 0 Å². The first kappa shape index (κ1) is 17.5. The van der Waals surface area contributed by atoms with Gasteiger partial charge in [0.2, 0.25) is 11.8 Å². The van der Waals surface area contributed by atoms with Gasteiger partial charge in [0.15, 0.2) is 0 Å². The van der Waals surface area contributed by atoms with Gasteiger partial charge in [-0.1, -0.05) is 18.9 Å². The Bertz CT molecular complexity index is 634. The van der Waals surface area contributed by atoms with Crippen molar-refractivity contribution >= 4 is 11.8 Å². The zero-order valence-corrected chi connectivity index (χ0v) is 15.5. The van der Waals surface area contributed by atoms with Crippen molar-refractivity contribution in [1.82, 2.24) is 14.8 Å². The SMILES string of the molecule is O=C(C1CCCC1)N1CCC(C(=O)N2CCC[C@@H]2c2ccccn2)CC1. The number of aromatic nitrogens is 1. The van der Waals surface area contributed by atoms with Crippen molar-refractivity contribution < 1.29 is 9.59 Å². The second kappa shape index (κ2) is 7.77. The first-order valence-corrected chi connectivity index (χ1v) is 10.2. The second-order valence-electron chi connectivity index (χ2n) is 8.03. The number of hydrogen-bond donors (Lipinski definition) is 0. The minimum absolute atomic E-state index is 0.0620. The Hall–Kier alpha value is -1.91. The Kier molecular flexibility index (Phi) is 5.23. The van der Waals surface area contributed by atoms with Crippen LogP contribution in [0.2, 0.25) is 0 Å². The molecule has 0 radical (unpaired) electrons. The van der Waals surface area contributed by atoms with Crippen molar-refractivity contribution in [3.8, 4) is 0 Å². The number of nitrogens with zero attached hydrogens (tertiary/aromatic N) is 3. The molecule has 0 spiro atoms. The lowest BCUT2D eigenvalue weighted by Crippen LogP contribution is -2.45. The average molecular weight is 355 g/mol. The molecule has 0 bridgehead atoms. The van der Waals surface area contributed by atoms with Crippen molar-refractivity contribution in [1.29, 1.82) is 0 Å². The van der Waals surface area contributed by atoms with E-state index >= 15 is 0 Å². The molecular formula is C21H29N3O2. The Morgan fingerprint density at radius 1 is 0.846 bits per heavy atom. The van der Waals surface area contributed by atoms with Crippen molar-refractivity contribution in [2.75, 3.05) is 19.6 Å². The first-order chi connectivity index (χ1) is 12.7. The maximum absolute atomic E-state index is 13.1. The second-order valence-corrected chi connectivity index (χ2v) is 8.03. The number of likely N-dealkylation sites (tertiary alicyclic amines) is 2. The van der Waals surface area contributed by atoms with E-state index in [9.17, 15) is 9.59 Å². The predicted octanol–water partition coefficient (Wildman–Crippen LogP) is 3.17. The molecule has 5 nitrogen and oxygen atoms in total. The highest BCUT2D eigenvalue weighted by atomic mass is 16.2. The Balaban J connectivity index is 1.35. The minimum Gasteiger partial charge on any atom is -0.342 e. The fraction of sp³-hybridized carbons (Fsp3) is 0.667. The molecule has 5 heteroatoms. The molecule has 1 atom stereocenters. The molecule has 1 aromatic heterocycles. The average Bonchev–Trinajstić information content (AvgIpc) is 3.39. The largest absolute Gasteiger partial charge is 0.342 e. The van der Waals surface area contributed by atoms with Gasteiger partial charge in [0, 0.05) is 37.7 Å². The molecular weight excluding hydrogens is 326 g/mol. The van der Waals surface area contributed by atoms with Crippen LogP contribution < -0.4 is 0 Å². The van der Waals surface area contributed by atoms with E-state index in [1.807, 2.05) is 34.2 Å². The van der Waals surface area contributed by atoms with Crippen molar-refractivity contribution in [3.05, 3.63) is 30.1 Å². The third kappa shape index (κ3) is 3.49. The molecule has 1 saturated carbocycles. The number of amides is 2. The van der Waals surface area contributed by atoms with E-state index in [1.54, 1.807) is 0 Å². The highest BCUT2D eigenvalue weighted by Crippen LogP contribution is 2.34. The topological polar surface area (TPSA) is 53.5 Å². The van der Waals surface area contributed by atoms with E-state index in [2.05, 4.69) is 4.98 Å². The molecule has 140 valence electrons. The van der Waals surface area contributed by atoms with Crippen LogP contribution in [-0.4, -0.2) is 46.2 Å². The summed E-state index contributed by atoms with van der Waals surface area (Å²) >= 11 is 0. The minimum atomic E-state index is 0.0620. The molecule has 2 saturated heterocycles. The van der Waals surface area contributed by atoms with Crippen molar-refractivity contribution in [3.63, 3.8) is 0 Å². The van der Waals surface area contributed by atoms with Crippen LogP contribution >= 0.6 is 0 Å². The van der Waals surface area contributed by atoms with Gasteiger partial charge in [-0.05, 0) is 50.7 Å². The molecule has 0 N–H and O–H groups in total. The van der Waals surface area contributed by atoms with Gasteiger partial charge in [0.1, 0.15) is 0 Å². The highest BCUT2D eigenvalue weighted by molar-refractivity contribution is 5.81. The monoisotopic (exact) mass is 355 g/mol. The number of carbonyl (C=O) groups excluding carboxylic acids is 2. The number of carbonyl (C=O) groups is 2. The van der Waals surface area contributed by atoms with Gasteiger partial charge in [-0.25, -0.2) is 0 Å². The van der Waals surface area contributed by atoms with Crippen molar-refractivity contribution in [2.24, 2.45) is 11.8 Å². The van der Waals surface area contributed by atoms with E-state index in [0.29, 0.717) is 5.91 Å². The van der Waals surface area contributed by atoms with E-state index in [4.69, 9.17) is 0 Å². The van der Waals surface area contributed by atoms with Gasteiger partial charge in [-0.2, -0.15) is 0 Å². The number of piperidine rings is 1. The standard InChI is InChI=1S/C21H29N3O2/c25-20(16-6-1-2-7-16)23-14-10-17(11-15-23)21(26)24-13-5-9-19(24)18-8-3-4-12-22-18/h3-4,8,12,16-17,19H,1-2,5-7,9-11,13-15H2/t19-/m1/s1. The predicted molar refractivity (Wildman–Crippen MR) is 99.2 cm³/mol. The van der Waals surface area contributed by atoms with Gasteiger partial charge < -0.3 is 9.80 Å². The quantitative estimate of drug-likeness (QED) is 0.837. The molecule has 3 aliphatic rings. The summed E-state index contributed by atoms with van der Waals surface area (Å²) < 4.78 is 0. The smallest absolute Gasteiger partial charge is 0.226 e. The summed E-state index contributed by atoms with van der Waals surface area (Å²) in [5, 5.41) is 0. The lowest BCUT2D eigenvalue weighted by Gasteiger charge is -2.35. The third-order valence-corrected chi connectivity index (χ3v) is 6.43. The van der Waals surface area contributed by atoms with E-state index < -0.39 is 0 Å². The van der Waals surface area contributed by atoms with Crippen LogP contribution in [-0.2, 0) is 9.59 Å². The van der Waals surface area contributed by atoms with Crippen LogP contribution in [0.15, 0.2) is 24.4 Å². The van der Waals surface area contributed by atoms with Crippen LogP contribution in [0.3, 0.4) is 0 Å². The van der Waals surface area contributed by atoms with E-state index in [-0.39, 0.29) is 23.8 Å². The maximum atomic E-state index is 13.1. The fourth-order valence-corrected chi connectivity index (χ4v) is 4.92. The Morgan fingerprint density at radius 3 is 2.27 bits per heavy atom. The fourth-order valence-electron chi connectivity index (χ4n) is 4.92. The summed E-state index contributed by atoms with van der Waals surface area (Å²) in [6.07, 6.45) is 9.96. The normalized spacial score (nSPS) is 25.0. The van der Waals surface area contributed by atoms with Crippen molar-refractivity contribution in [2.45, 2.75) is 57.4 Å². The molecule has 26 heavy (non-hydrogen) atoms. The molecule has 3 fully saturated rings. The van der Waals surface area contributed by atoms with Crippen LogP contribution in [0.25, 0.3) is 0 Å².